The van der Waals surface area contributed by atoms with Crippen LogP contribution in [0.1, 0.15) is 45.1 Å². The van der Waals surface area contributed by atoms with Gasteiger partial charge < -0.3 is 4.74 Å². The zero-order valence-electron chi connectivity index (χ0n) is 16.3. The highest BCUT2D eigenvalue weighted by atomic mass is 16.5. The minimum Gasteiger partial charge on any atom is -0.378 e. The van der Waals surface area contributed by atoms with E-state index in [1.807, 2.05) is 0 Å². The highest BCUT2D eigenvalue weighted by Gasteiger charge is 2.45. The summed E-state index contributed by atoms with van der Waals surface area (Å²) in [6.07, 6.45) is 10.3. The van der Waals surface area contributed by atoms with Gasteiger partial charge in [-0.1, -0.05) is 49.2 Å². The van der Waals surface area contributed by atoms with Gasteiger partial charge in [-0.05, 0) is 44.1 Å². The molecule has 2 aliphatic rings. The Hall–Kier alpha value is -1.93. The number of allylic oxidation sites excluding steroid dienone is 2. The second kappa shape index (κ2) is 7.00. The predicted molar refractivity (Wildman–Crippen MR) is 110 cm³/mol. The van der Waals surface area contributed by atoms with E-state index in [1.165, 1.54) is 53.4 Å². The molecule has 0 N–H and O–H groups in total. The average Bonchev–Trinajstić information content (AvgIpc) is 3.23. The first-order valence-corrected chi connectivity index (χ1v) is 9.97. The van der Waals surface area contributed by atoms with Crippen LogP contribution < -0.4 is 0 Å². The fraction of sp³-hybridized carbons (Fsp3) is 0.458. The molecule has 0 amide bonds. The van der Waals surface area contributed by atoms with Crippen LogP contribution in [0.2, 0.25) is 0 Å². The van der Waals surface area contributed by atoms with E-state index in [4.69, 9.17) is 4.74 Å². The molecule has 4 rings (SSSR count). The molecule has 1 aliphatic carbocycles. The Bertz CT molecular complexity index is 869. The van der Waals surface area contributed by atoms with Crippen LogP contribution in [-0.2, 0) is 10.2 Å². The molecule has 1 fully saturated rings. The fourth-order valence-corrected chi connectivity index (χ4v) is 4.74. The van der Waals surface area contributed by atoms with Crippen molar-refractivity contribution in [3.05, 3.63) is 54.1 Å². The van der Waals surface area contributed by atoms with Crippen molar-refractivity contribution in [2.45, 2.75) is 44.9 Å². The van der Waals surface area contributed by atoms with Crippen molar-refractivity contribution in [3.8, 4) is 0 Å². The lowest BCUT2D eigenvalue weighted by atomic mass is 9.80. The van der Waals surface area contributed by atoms with Gasteiger partial charge in [0.1, 0.15) is 6.61 Å². The first kappa shape index (κ1) is 17.5. The number of ether oxygens (including phenoxy) is 1. The molecule has 0 unspecified atom stereocenters. The molecular formula is C24H30NO+. The molecule has 2 aromatic carbocycles. The van der Waals surface area contributed by atoms with Crippen molar-refractivity contribution in [3.63, 3.8) is 0 Å². The number of hydrogen-bond acceptors (Lipinski definition) is 1. The SMILES string of the molecule is COCC[N+]1=C(C=CC2CCCC2)C(C)(C)c2ccc3ccccc3c21. The van der Waals surface area contributed by atoms with Crippen molar-refractivity contribution in [1.29, 1.82) is 0 Å². The van der Waals surface area contributed by atoms with Crippen LogP contribution in [-0.4, -0.2) is 30.5 Å². The summed E-state index contributed by atoms with van der Waals surface area (Å²) in [4.78, 5) is 0. The molecule has 2 nitrogen and oxygen atoms in total. The molecule has 26 heavy (non-hydrogen) atoms. The smallest absolute Gasteiger partial charge is 0.217 e. The van der Waals surface area contributed by atoms with Crippen molar-refractivity contribution in [2.24, 2.45) is 5.92 Å². The van der Waals surface area contributed by atoms with Crippen molar-refractivity contribution >= 4 is 22.2 Å². The molecule has 2 aromatic rings. The van der Waals surface area contributed by atoms with Gasteiger partial charge in [-0.15, -0.1) is 0 Å². The maximum Gasteiger partial charge on any atom is 0.217 e. The Morgan fingerprint density at radius 1 is 1.12 bits per heavy atom. The van der Waals surface area contributed by atoms with Crippen LogP contribution in [0.3, 0.4) is 0 Å². The van der Waals surface area contributed by atoms with Gasteiger partial charge >= 0.3 is 0 Å². The van der Waals surface area contributed by atoms with Gasteiger partial charge in [0, 0.05) is 18.7 Å². The lowest BCUT2D eigenvalue weighted by Gasteiger charge is -2.16. The van der Waals surface area contributed by atoms with Gasteiger partial charge in [-0.2, -0.15) is 4.58 Å². The number of hydrogen-bond donors (Lipinski definition) is 0. The standard InChI is InChI=1S/C24H30NO/c1-24(2)21-14-13-19-10-6-7-11-20(19)23(21)25(16-17-26-3)22(24)15-12-18-8-4-5-9-18/h6-7,10-15,18H,4-5,8-9,16-17H2,1-3H3/q+1. The maximum atomic E-state index is 5.45. The summed E-state index contributed by atoms with van der Waals surface area (Å²) < 4.78 is 7.95. The zero-order chi connectivity index (χ0) is 18.1. The third-order valence-electron chi connectivity index (χ3n) is 6.22. The van der Waals surface area contributed by atoms with E-state index >= 15 is 0 Å². The summed E-state index contributed by atoms with van der Waals surface area (Å²) in [6.45, 7) is 6.36. The Balaban J connectivity index is 1.87. The van der Waals surface area contributed by atoms with Crippen molar-refractivity contribution in [2.75, 3.05) is 20.3 Å². The third kappa shape index (κ3) is 2.91. The van der Waals surface area contributed by atoms with E-state index < -0.39 is 0 Å². The van der Waals surface area contributed by atoms with E-state index in [0.29, 0.717) is 0 Å². The zero-order valence-corrected chi connectivity index (χ0v) is 16.3. The summed E-state index contributed by atoms with van der Waals surface area (Å²) in [6, 6.07) is 13.3. The second-order valence-electron chi connectivity index (χ2n) is 8.24. The van der Waals surface area contributed by atoms with Gasteiger partial charge in [-0.3, -0.25) is 0 Å². The molecule has 0 atom stereocenters. The highest BCUT2D eigenvalue weighted by molar-refractivity contribution is 6.07. The Labute approximate surface area is 157 Å². The quantitative estimate of drug-likeness (QED) is 0.640. The Morgan fingerprint density at radius 2 is 1.88 bits per heavy atom. The molecular weight excluding hydrogens is 318 g/mol. The molecule has 1 saturated carbocycles. The van der Waals surface area contributed by atoms with Crippen LogP contribution in [0, 0.1) is 5.92 Å². The van der Waals surface area contributed by atoms with Crippen LogP contribution in [0.25, 0.3) is 10.8 Å². The first-order chi connectivity index (χ1) is 12.6. The summed E-state index contributed by atoms with van der Waals surface area (Å²) in [5.74, 6) is 0.753. The van der Waals surface area contributed by atoms with E-state index in [0.717, 1.165) is 19.1 Å². The third-order valence-corrected chi connectivity index (χ3v) is 6.22. The number of benzene rings is 2. The monoisotopic (exact) mass is 348 g/mol. The van der Waals surface area contributed by atoms with Crippen molar-refractivity contribution < 1.29 is 9.31 Å². The molecule has 2 heteroatoms. The maximum absolute atomic E-state index is 5.45. The second-order valence-corrected chi connectivity index (χ2v) is 8.24. The topological polar surface area (TPSA) is 12.2 Å². The predicted octanol–water partition coefficient (Wildman–Crippen LogP) is 5.61. The normalized spacial score (nSPS) is 19.8. The van der Waals surface area contributed by atoms with Gasteiger partial charge in [0.15, 0.2) is 12.3 Å². The molecule has 0 spiro atoms. The lowest BCUT2D eigenvalue weighted by molar-refractivity contribution is -0.440. The largest absolute Gasteiger partial charge is 0.378 e. The minimum atomic E-state index is 0.0161. The summed E-state index contributed by atoms with van der Waals surface area (Å²) in [7, 11) is 1.79. The Morgan fingerprint density at radius 3 is 2.65 bits per heavy atom. The summed E-state index contributed by atoms with van der Waals surface area (Å²) in [5.41, 5.74) is 4.23. The van der Waals surface area contributed by atoms with E-state index in [1.54, 1.807) is 7.11 Å². The van der Waals surface area contributed by atoms with Crippen LogP contribution in [0.15, 0.2) is 48.6 Å². The van der Waals surface area contributed by atoms with Gasteiger partial charge in [-0.25, -0.2) is 0 Å². The minimum absolute atomic E-state index is 0.0161. The summed E-state index contributed by atoms with van der Waals surface area (Å²) >= 11 is 0. The fourth-order valence-electron chi connectivity index (χ4n) is 4.74. The molecule has 0 bridgehead atoms. The molecule has 0 radical (unpaired) electrons. The average molecular weight is 349 g/mol. The molecule has 1 heterocycles. The molecule has 136 valence electrons. The molecule has 1 aliphatic heterocycles. The van der Waals surface area contributed by atoms with E-state index in [9.17, 15) is 0 Å². The molecule has 0 aromatic heterocycles. The van der Waals surface area contributed by atoms with Crippen LogP contribution >= 0.6 is 0 Å². The molecule has 0 saturated heterocycles. The first-order valence-electron chi connectivity index (χ1n) is 9.97. The van der Waals surface area contributed by atoms with Crippen LogP contribution in [0.5, 0.6) is 0 Å². The van der Waals surface area contributed by atoms with Gasteiger partial charge in [0.2, 0.25) is 5.69 Å². The Kier molecular flexibility index (Phi) is 4.71. The highest BCUT2D eigenvalue weighted by Crippen LogP contribution is 2.44. The summed E-state index contributed by atoms with van der Waals surface area (Å²) in [5, 5.41) is 2.66. The van der Waals surface area contributed by atoms with Crippen LogP contribution in [0.4, 0.5) is 5.69 Å². The van der Waals surface area contributed by atoms with E-state index in [2.05, 4.69) is 67.0 Å². The lowest BCUT2D eigenvalue weighted by Crippen LogP contribution is -2.28. The van der Waals surface area contributed by atoms with Gasteiger partial charge in [0.25, 0.3) is 0 Å². The number of fused-ring (bicyclic) bond motifs is 3. The van der Waals surface area contributed by atoms with E-state index in [-0.39, 0.29) is 5.41 Å². The van der Waals surface area contributed by atoms with Crippen molar-refractivity contribution in [1.82, 2.24) is 0 Å². The number of methoxy groups -OCH3 is 1. The van der Waals surface area contributed by atoms with Gasteiger partial charge in [0.05, 0.1) is 10.8 Å². The number of rotatable bonds is 5. The number of nitrogens with zero attached hydrogens (tertiary/aromatic N) is 1.